The van der Waals surface area contributed by atoms with Crippen LogP contribution in [0.1, 0.15) is 39.8 Å². The first-order chi connectivity index (χ1) is 14.6. The molecule has 0 aliphatic carbocycles. The van der Waals surface area contributed by atoms with Gasteiger partial charge in [0.2, 0.25) is 5.91 Å². The Morgan fingerprint density at radius 1 is 1.19 bits per heavy atom. The molecule has 1 unspecified atom stereocenters. The summed E-state index contributed by atoms with van der Waals surface area (Å²) in [5, 5.41) is 4.41. The van der Waals surface area contributed by atoms with E-state index in [-0.39, 0.29) is 37.5 Å². The van der Waals surface area contributed by atoms with E-state index in [1.807, 2.05) is 32.4 Å². The zero-order chi connectivity index (χ0) is 22.3. The summed E-state index contributed by atoms with van der Waals surface area (Å²) in [6.07, 6.45) is 2.92. The number of fused-ring (bicyclic) bond motifs is 1. The molecular formula is C20H25FN6O4. The maximum Gasteiger partial charge on any atom is 0.410 e. The lowest BCUT2D eigenvalue weighted by atomic mass is 10.2. The van der Waals surface area contributed by atoms with Crippen LogP contribution in [0.25, 0.3) is 0 Å². The van der Waals surface area contributed by atoms with Gasteiger partial charge in [-0.1, -0.05) is 0 Å². The van der Waals surface area contributed by atoms with Gasteiger partial charge < -0.3 is 14.4 Å². The second kappa shape index (κ2) is 7.78. The third-order valence-corrected chi connectivity index (χ3v) is 5.09. The van der Waals surface area contributed by atoms with Crippen molar-refractivity contribution in [3.8, 4) is 6.01 Å². The molecule has 4 heterocycles. The fourth-order valence-electron chi connectivity index (χ4n) is 3.67. The fraction of sp³-hybridized carbons (Fsp3) is 0.550. The Bertz CT molecular complexity index is 987. The predicted octanol–water partition coefficient (Wildman–Crippen LogP) is 2.14. The van der Waals surface area contributed by atoms with E-state index in [2.05, 4.69) is 15.1 Å². The molecule has 1 fully saturated rings. The Kier molecular flexibility index (Phi) is 5.28. The van der Waals surface area contributed by atoms with Crippen molar-refractivity contribution in [3.63, 3.8) is 0 Å². The SMILES string of the molecule is CC1Cn2ncc(N3C[C@@H](Oc4ncc(F)cn4)CC3=O)c2CN1C(=O)OC(C)(C)C. The van der Waals surface area contributed by atoms with Crippen LogP contribution in [0, 0.1) is 5.82 Å². The van der Waals surface area contributed by atoms with Gasteiger partial charge in [-0.15, -0.1) is 0 Å². The maximum atomic E-state index is 13.0. The van der Waals surface area contributed by atoms with E-state index < -0.39 is 23.6 Å². The number of amides is 2. The molecule has 0 bridgehead atoms. The Morgan fingerprint density at radius 2 is 1.90 bits per heavy atom. The lowest BCUT2D eigenvalue weighted by molar-refractivity contribution is -0.117. The number of ether oxygens (including phenoxy) is 2. The number of carbonyl (C=O) groups is 2. The summed E-state index contributed by atoms with van der Waals surface area (Å²) >= 11 is 0. The molecule has 0 saturated carbocycles. The van der Waals surface area contributed by atoms with Gasteiger partial charge in [-0.25, -0.2) is 19.2 Å². The number of aromatic nitrogens is 4. The van der Waals surface area contributed by atoms with Gasteiger partial charge in [0.15, 0.2) is 5.82 Å². The van der Waals surface area contributed by atoms with Crippen LogP contribution in [0.15, 0.2) is 18.6 Å². The van der Waals surface area contributed by atoms with Crippen LogP contribution in [0.2, 0.25) is 0 Å². The summed E-state index contributed by atoms with van der Waals surface area (Å²) < 4.78 is 26.0. The van der Waals surface area contributed by atoms with Crippen LogP contribution in [0.3, 0.4) is 0 Å². The Labute approximate surface area is 179 Å². The summed E-state index contributed by atoms with van der Waals surface area (Å²) in [5.74, 6) is -0.697. The zero-order valence-corrected chi connectivity index (χ0v) is 17.9. The van der Waals surface area contributed by atoms with Gasteiger partial charge in [-0.2, -0.15) is 5.10 Å². The van der Waals surface area contributed by atoms with E-state index >= 15 is 0 Å². The van der Waals surface area contributed by atoms with Gasteiger partial charge in [0.1, 0.15) is 11.7 Å². The topological polar surface area (TPSA) is 103 Å². The van der Waals surface area contributed by atoms with Crippen LogP contribution in [-0.4, -0.2) is 60.9 Å². The van der Waals surface area contributed by atoms with Gasteiger partial charge in [-0.3, -0.25) is 14.4 Å². The molecule has 10 nitrogen and oxygen atoms in total. The van der Waals surface area contributed by atoms with Gasteiger partial charge in [0.25, 0.3) is 0 Å². The van der Waals surface area contributed by atoms with E-state index in [1.54, 1.807) is 16.0 Å². The normalized spacial score (nSPS) is 21.3. The predicted molar refractivity (Wildman–Crippen MR) is 107 cm³/mol. The Morgan fingerprint density at radius 3 is 2.58 bits per heavy atom. The van der Waals surface area contributed by atoms with Gasteiger partial charge in [0, 0.05) is 0 Å². The Balaban J connectivity index is 1.50. The largest absolute Gasteiger partial charge is 0.458 e. The minimum Gasteiger partial charge on any atom is -0.458 e. The minimum absolute atomic E-state index is 0.0167. The highest BCUT2D eigenvalue weighted by Gasteiger charge is 2.38. The van der Waals surface area contributed by atoms with Crippen molar-refractivity contribution >= 4 is 17.7 Å². The summed E-state index contributed by atoms with van der Waals surface area (Å²) in [4.78, 5) is 36.1. The molecule has 4 rings (SSSR count). The first-order valence-corrected chi connectivity index (χ1v) is 10.1. The molecule has 0 radical (unpaired) electrons. The summed E-state index contributed by atoms with van der Waals surface area (Å²) in [7, 11) is 0. The van der Waals surface area contributed by atoms with Crippen molar-refractivity contribution in [1.29, 1.82) is 0 Å². The highest BCUT2D eigenvalue weighted by molar-refractivity contribution is 5.96. The van der Waals surface area contributed by atoms with Crippen molar-refractivity contribution in [2.75, 3.05) is 11.4 Å². The van der Waals surface area contributed by atoms with Crippen molar-refractivity contribution in [2.45, 2.75) is 65.0 Å². The average Bonchev–Trinajstić information content (AvgIpc) is 3.23. The molecular weight excluding hydrogens is 407 g/mol. The van der Waals surface area contributed by atoms with Gasteiger partial charge >= 0.3 is 12.1 Å². The highest BCUT2D eigenvalue weighted by Crippen LogP contribution is 2.31. The molecule has 2 aliphatic heterocycles. The molecule has 1 saturated heterocycles. The van der Waals surface area contributed by atoms with Crippen molar-refractivity contribution in [3.05, 3.63) is 30.1 Å². The smallest absolute Gasteiger partial charge is 0.410 e. The van der Waals surface area contributed by atoms with Gasteiger partial charge in [-0.05, 0) is 27.7 Å². The molecule has 11 heteroatoms. The quantitative estimate of drug-likeness (QED) is 0.732. The maximum absolute atomic E-state index is 13.0. The van der Waals surface area contributed by atoms with Crippen LogP contribution in [-0.2, 0) is 22.6 Å². The molecule has 2 aliphatic rings. The van der Waals surface area contributed by atoms with Crippen LogP contribution in [0.5, 0.6) is 6.01 Å². The average molecular weight is 432 g/mol. The second-order valence-electron chi connectivity index (χ2n) is 8.75. The van der Waals surface area contributed by atoms with Crippen molar-refractivity contribution in [2.24, 2.45) is 0 Å². The number of hydrogen-bond donors (Lipinski definition) is 0. The fourth-order valence-corrected chi connectivity index (χ4v) is 3.67. The monoisotopic (exact) mass is 432 g/mol. The molecule has 31 heavy (non-hydrogen) atoms. The number of nitrogens with zero attached hydrogens (tertiary/aromatic N) is 6. The third kappa shape index (κ3) is 4.44. The van der Waals surface area contributed by atoms with Crippen LogP contribution < -0.4 is 9.64 Å². The van der Waals surface area contributed by atoms with E-state index in [0.717, 1.165) is 18.1 Å². The van der Waals surface area contributed by atoms with Crippen LogP contribution in [0.4, 0.5) is 14.9 Å². The summed E-state index contributed by atoms with van der Waals surface area (Å²) in [6, 6.07) is -0.0842. The third-order valence-electron chi connectivity index (χ3n) is 5.09. The van der Waals surface area contributed by atoms with E-state index in [0.29, 0.717) is 12.2 Å². The first-order valence-electron chi connectivity index (χ1n) is 10.1. The molecule has 2 aromatic heterocycles. The summed E-state index contributed by atoms with van der Waals surface area (Å²) in [6.45, 7) is 8.46. The first kappa shape index (κ1) is 21.0. The highest BCUT2D eigenvalue weighted by atomic mass is 19.1. The molecule has 2 amide bonds. The number of rotatable bonds is 3. The van der Waals surface area contributed by atoms with E-state index in [4.69, 9.17) is 9.47 Å². The second-order valence-corrected chi connectivity index (χ2v) is 8.75. The lowest BCUT2D eigenvalue weighted by Crippen LogP contribution is -2.47. The molecule has 0 spiro atoms. The molecule has 2 aromatic rings. The Hall–Kier alpha value is -3.24. The number of anilines is 1. The van der Waals surface area contributed by atoms with E-state index in [9.17, 15) is 14.0 Å². The van der Waals surface area contributed by atoms with Crippen LogP contribution >= 0.6 is 0 Å². The zero-order valence-electron chi connectivity index (χ0n) is 17.9. The standard InChI is InChI=1S/C20H25FN6O4/c1-12-9-27-16(11-25(12)19(29)31-20(2,3)4)15(8-24-27)26-10-14(5-17(26)28)30-18-22-6-13(21)7-23-18/h6-8,12,14H,5,9-11H2,1-4H3/t12?,14-/m0/s1. The molecule has 2 atom stereocenters. The minimum atomic E-state index is -0.602. The molecule has 0 N–H and O–H groups in total. The van der Waals surface area contributed by atoms with Gasteiger partial charge in [0.05, 0.1) is 62.1 Å². The summed E-state index contributed by atoms with van der Waals surface area (Å²) in [5.41, 5.74) is 0.794. The van der Waals surface area contributed by atoms with Crippen molar-refractivity contribution < 1.29 is 23.5 Å². The number of hydrogen-bond acceptors (Lipinski definition) is 7. The van der Waals surface area contributed by atoms with E-state index in [1.165, 1.54) is 0 Å². The molecule has 0 aromatic carbocycles. The number of halogens is 1. The number of carbonyl (C=O) groups excluding carboxylic acids is 2. The lowest BCUT2D eigenvalue weighted by Gasteiger charge is -2.36. The van der Waals surface area contributed by atoms with Crippen molar-refractivity contribution in [1.82, 2.24) is 24.6 Å². The molecule has 166 valence electrons.